The molecule has 0 N–H and O–H groups in total. The summed E-state index contributed by atoms with van der Waals surface area (Å²) in [7, 11) is -3.31. The van der Waals surface area contributed by atoms with E-state index in [2.05, 4.69) is 23.2 Å². The van der Waals surface area contributed by atoms with Crippen LogP contribution in [0.1, 0.15) is 18.1 Å². The molecule has 0 saturated heterocycles. The van der Waals surface area contributed by atoms with Gasteiger partial charge in [0.1, 0.15) is 0 Å². The maximum Gasteiger partial charge on any atom is 0.264 e. The second-order valence-electron chi connectivity index (χ2n) is 3.45. The van der Waals surface area contributed by atoms with Crippen LogP contribution in [-0.2, 0) is 27.1 Å². The maximum absolute atomic E-state index is 10.7. The van der Waals surface area contributed by atoms with Gasteiger partial charge in [-0.15, -0.1) is 0 Å². The molecule has 0 fully saturated rings. The van der Waals surface area contributed by atoms with Crippen molar-refractivity contribution in [2.24, 2.45) is 0 Å². The summed E-state index contributed by atoms with van der Waals surface area (Å²) in [4.78, 5) is 0. The van der Waals surface area contributed by atoms with Gasteiger partial charge in [0.25, 0.3) is 10.1 Å². The van der Waals surface area contributed by atoms with Gasteiger partial charge in [0.2, 0.25) is 0 Å². The average molecular weight is 228 g/mol. The lowest BCUT2D eigenvalue weighted by Crippen LogP contribution is -2.06. The molecule has 0 spiro atoms. The molecule has 0 saturated carbocycles. The Morgan fingerprint density at radius 2 is 1.67 bits per heavy atom. The van der Waals surface area contributed by atoms with E-state index in [1.54, 1.807) is 0 Å². The van der Waals surface area contributed by atoms with E-state index in [1.807, 2.05) is 12.1 Å². The molecule has 84 valence electrons. The summed E-state index contributed by atoms with van der Waals surface area (Å²) in [5.41, 5.74) is 2.37. The summed E-state index contributed by atoms with van der Waals surface area (Å²) in [5, 5.41) is 0. The van der Waals surface area contributed by atoms with Crippen LogP contribution in [-0.4, -0.2) is 21.3 Å². The standard InChI is InChI=1S/C11H16O3S/c1-3-10-4-6-11(7-5-10)8-9-14-15(2,12)13/h4-7H,3,8-9H2,1-2H3. The van der Waals surface area contributed by atoms with E-state index in [4.69, 9.17) is 0 Å². The number of hydrogen-bond donors (Lipinski definition) is 0. The molecule has 1 rings (SSSR count). The molecule has 4 heteroatoms. The first-order valence-electron chi connectivity index (χ1n) is 4.93. The van der Waals surface area contributed by atoms with Crippen LogP contribution in [0, 0.1) is 0 Å². The van der Waals surface area contributed by atoms with Gasteiger partial charge in [0, 0.05) is 0 Å². The van der Waals surface area contributed by atoms with Crippen molar-refractivity contribution in [2.75, 3.05) is 12.9 Å². The van der Waals surface area contributed by atoms with Gasteiger partial charge in [-0.2, -0.15) is 8.42 Å². The fourth-order valence-corrected chi connectivity index (χ4v) is 1.64. The number of aryl methyl sites for hydroxylation is 1. The Balaban J connectivity index is 2.45. The Morgan fingerprint density at radius 3 is 2.13 bits per heavy atom. The van der Waals surface area contributed by atoms with Crippen molar-refractivity contribution in [1.29, 1.82) is 0 Å². The quantitative estimate of drug-likeness (QED) is 0.721. The summed E-state index contributed by atoms with van der Waals surface area (Å²) in [6.07, 6.45) is 2.70. The molecule has 0 aromatic heterocycles. The smallest absolute Gasteiger partial charge is 0.264 e. The van der Waals surface area contributed by atoms with Gasteiger partial charge in [-0.1, -0.05) is 31.2 Å². The Morgan fingerprint density at radius 1 is 1.13 bits per heavy atom. The highest BCUT2D eigenvalue weighted by Crippen LogP contribution is 2.06. The minimum Gasteiger partial charge on any atom is -0.270 e. The molecule has 1 aromatic rings. The predicted molar refractivity (Wildman–Crippen MR) is 60.3 cm³/mol. The summed E-state index contributed by atoms with van der Waals surface area (Å²) in [6, 6.07) is 8.11. The molecule has 0 amide bonds. The summed E-state index contributed by atoms with van der Waals surface area (Å²) in [5.74, 6) is 0. The highest BCUT2D eigenvalue weighted by molar-refractivity contribution is 7.85. The van der Waals surface area contributed by atoms with Gasteiger partial charge in [-0.05, 0) is 24.0 Å². The molecular formula is C11H16O3S. The van der Waals surface area contributed by atoms with Crippen LogP contribution in [0.15, 0.2) is 24.3 Å². The van der Waals surface area contributed by atoms with E-state index in [-0.39, 0.29) is 6.61 Å². The highest BCUT2D eigenvalue weighted by atomic mass is 32.2. The van der Waals surface area contributed by atoms with Crippen molar-refractivity contribution in [1.82, 2.24) is 0 Å². The first-order valence-corrected chi connectivity index (χ1v) is 6.75. The van der Waals surface area contributed by atoms with Crippen molar-refractivity contribution < 1.29 is 12.6 Å². The second-order valence-corrected chi connectivity index (χ2v) is 5.09. The van der Waals surface area contributed by atoms with E-state index in [9.17, 15) is 8.42 Å². The maximum atomic E-state index is 10.7. The normalized spacial score (nSPS) is 11.6. The van der Waals surface area contributed by atoms with Crippen molar-refractivity contribution in [3.05, 3.63) is 35.4 Å². The van der Waals surface area contributed by atoms with E-state index >= 15 is 0 Å². The van der Waals surface area contributed by atoms with Gasteiger partial charge in [0.05, 0.1) is 12.9 Å². The molecule has 0 aliphatic heterocycles. The van der Waals surface area contributed by atoms with Crippen molar-refractivity contribution in [2.45, 2.75) is 19.8 Å². The van der Waals surface area contributed by atoms with Gasteiger partial charge in [0.15, 0.2) is 0 Å². The van der Waals surface area contributed by atoms with Crippen molar-refractivity contribution in [3.8, 4) is 0 Å². The van der Waals surface area contributed by atoms with Crippen LogP contribution in [0.4, 0.5) is 0 Å². The minimum absolute atomic E-state index is 0.213. The molecule has 3 nitrogen and oxygen atoms in total. The summed E-state index contributed by atoms with van der Waals surface area (Å²) < 4.78 is 26.1. The highest BCUT2D eigenvalue weighted by Gasteiger charge is 2.01. The second kappa shape index (κ2) is 5.28. The van der Waals surface area contributed by atoms with Gasteiger partial charge in [-0.3, -0.25) is 4.18 Å². The van der Waals surface area contributed by atoms with Crippen LogP contribution in [0.2, 0.25) is 0 Å². The fraction of sp³-hybridized carbons (Fsp3) is 0.455. The zero-order chi connectivity index (χ0) is 11.3. The monoisotopic (exact) mass is 228 g/mol. The number of benzene rings is 1. The molecule has 0 atom stereocenters. The molecule has 0 aliphatic carbocycles. The van der Waals surface area contributed by atoms with Gasteiger partial charge >= 0.3 is 0 Å². The summed E-state index contributed by atoms with van der Waals surface area (Å²) in [6.45, 7) is 2.31. The molecule has 1 aromatic carbocycles. The molecule has 0 unspecified atom stereocenters. The third-order valence-corrected chi connectivity index (χ3v) is 2.71. The first-order chi connectivity index (χ1) is 7.01. The SMILES string of the molecule is CCc1ccc(CCOS(C)(=O)=O)cc1. The number of rotatable bonds is 5. The van der Waals surface area contributed by atoms with Crippen LogP contribution >= 0.6 is 0 Å². The first kappa shape index (κ1) is 12.2. The molecule has 0 heterocycles. The molecule has 0 aliphatic rings. The molecule has 0 bridgehead atoms. The van der Waals surface area contributed by atoms with E-state index in [1.165, 1.54) is 5.56 Å². The van der Waals surface area contributed by atoms with Crippen LogP contribution in [0.5, 0.6) is 0 Å². The lowest BCUT2D eigenvalue weighted by molar-refractivity contribution is 0.326. The van der Waals surface area contributed by atoms with Crippen molar-refractivity contribution >= 4 is 10.1 Å². The fourth-order valence-electron chi connectivity index (χ4n) is 1.25. The Kier molecular flexibility index (Phi) is 4.29. The molecule has 15 heavy (non-hydrogen) atoms. The topological polar surface area (TPSA) is 43.4 Å². The van der Waals surface area contributed by atoms with E-state index < -0.39 is 10.1 Å². The van der Waals surface area contributed by atoms with Gasteiger partial charge in [-0.25, -0.2) is 0 Å². The predicted octanol–water partition coefficient (Wildman–Crippen LogP) is 1.77. The Labute approximate surface area is 91.2 Å². The van der Waals surface area contributed by atoms with Crippen LogP contribution in [0.3, 0.4) is 0 Å². The zero-order valence-electron chi connectivity index (χ0n) is 9.06. The minimum atomic E-state index is -3.31. The van der Waals surface area contributed by atoms with E-state index in [0.717, 1.165) is 18.2 Å². The molecule has 0 radical (unpaired) electrons. The average Bonchev–Trinajstić information content (AvgIpc) is 2.17. The van der Waals surface area contributed by atoms with Gasteiger partial charge < -0.3 is 0 Å². The lowest BCUT2D eigenvalue weighted by Gasteiger charge is -2.03. The Bertz CT molecular complexity index is 392. The summed E-state index contributed by atoms with van der Waals surface area (Å²) >= 11 is 0. The molecular weight excluding hydrogens is 212 g/mol. The Hall–Kier alpha value is -0.870. The van der Waals surface area contributed by atoms with Crippen molar-refractivity contribution in [3.63, 3.8) is 0 Å². The third kappa shape index (κ3) is 4.95. The zero-order valence-corrected chi connectivity index (χ0v) is 9.88. The largest absolute Gasteiger partial charge is 0.270 e. The van der Waals surface area contributed by atoms with Crippen LogP contribution < -0.4 is 0 Å². The third-order valence-electron chi connectivity index (χ3n) is 2.12. The van der Waals surface area contributed by atoms with E-state index in [0.29, 0.717) is 6.42 Å². The number of hydrogen-bond acceptors (Lipinski definition) is 3. The van der Waals surface area contributed by atoms with Crippen LogP contribution in [0.25, 0.3) is 0 Å². The lowest BCUT2D eigenvalue weighted by atomic mass is 10.1.